The van der Waals surface area contributed by atoms with E-state index in [2.05, 4.69) is 0 Å². The van der Waals surface area contributed by atoms with Gasteiger partial charge in [0.2, 0.25) is 0 Å². The average Bonchev–Trinajstić information content (AvgIpc) is 2.74. The summed E-state index contributed by atoms with van der Waals surface area (Å²) in [6.07, 6.45) is 6.37. The molecule has 0 spiro atoms. The fraction of sp³-hybridized carbons (Fsp3) is 0.375. The molecule has 0 bridgehead atoms. The Hall–Kier alpha value is -2.17. The number of carbonyl (C=O) groups is 2. The second kappa shape index (κ2) is 7.02. The lowest BCUT2D eigenvalue weighted by molar-refractivity contribution is -0.131. The first-order valence-electron chi connectivity index (χ1n) is 7.08. The number of aliphatic carboxylic acids is 1. The van der Waals surface area contributed by atoms with E-state index in [1.54, 1.807) is 4.90 Å². The van der Waals surface area contributed by atoms with Crippen molar-refractivity contribution >= 4 is 18.0 Å². The molecular weight excluding hydrogens is 273 g/mol. The first-order valence-corrected chi connectivity index (χ1v) is 7.08. The van der Waals surface area contributed by atoms with Gasteiger partial charge in [-0.15, -0.1) is 0 Å². The minimum atomic E-state index is -1.08. The Labute approximate surface area is 122 Å². The van der Waals surface area contributed by atoms with Crippen LogP contribution in [-0.2, 0) is 4.79 Å². The Morgan fingerprint density at radius 1 is 1.14 bits per heavy atom. The van der Waals surface area contributed by atoms with Gasteiger partial charge in [0, 0.05) is 19.2 Å². The molecule has 0 aromatic heterocycles. The lowest BCUT2D eigenvalue weighted by Crippen LogP contribution is -2.32. The summed E-state index contributed by atoms with van der Waals surface area (Å²) in [5, 5.41) is 8.61. The van der Waals surface area contributed by atoms with E-state index in [9.17, 15) is 14.0 Å². The smallest absolute Gasteiger partial charge is 0.328 e. The Bertz CT molecular complexity index is 561. The minimum absolute atomic E-state index is 0.00411. The number of carboxylic acids is 1. The van der Waals surface area contributed by atoms with Gasteiger partial charge in [0.05, 0.1) is 5.56 Å². The van der Waals surface area contributed by atoms with Gasteiger partial charge in [0.25, 0.3) is 5.91 Å². The highest BCUT2D eigenvalue weighted by molar-refractivity contribution is 5.95. The van der Waals surface area contributed by atoms with Crippen LogP contribution in [0.1, 0.15) is 41.6 Å². The number of carboxylic acid groups (broad SMARTS) is 1. The molecule has 1 aliphatic rings. The third kappa shape index (κ3) is 4.15. The van der Waals surface area contributed by atoms with Crippen LogP contribution in [0.2, 0.25) is 0 Å². The highest BCUT2D eigenvalue weighted by Gasteiger charge is 2.20. The molecule has 0 atom stereocenters. The first-order chi connectivity index (χ1) is 10.1. The Morgan fingerprint density at radius 2 is 1.81 bits per heavy atom. The Balaban J connectivity index is 2.22. The van der Waals surface area contributed by atoms with Crippen LogP contribution in [-0.4, -0.2) is 35.0 Å². The number of halogens is 1. The molecule has 1 aromatic carbocycles. The molecule has 1 saturated heterocycles. The molecule has 1 aromatic rings. The number of hydrogen-bond donors (Lipinski definition) is 1. The molecule has 5 heteroatoms. The SMILES string of the molecule is O=C(O)C=Cc1ccc(F)c(C(=O)N2CCCCCC2)c1. The van der Waals surface area contributed by atoms with Gasteiger partial charge in [0.1, 0.15) is 5.82 Å². The third-order valence-electron chi connectivity index (χ3n) is 3.53. The van der Waals surface area contributed by atoms with Crippen molar-refractivity contribution in [2.75, 3.05) is 13.1 Å². The summed E-state index contributed by atoms with van der Waals surface area (Å²) in [6.45, 7) is 1.29. The van der Waals surface area contributed by atoms with E-state index in [4.69, 9.17) is 5.11 Å². The van der Waals surface area contributed by atoms with Crippen molar-refractivity contribution in [2.24, 2.45) is 0 Å². The summed E-state index contributed by atoms with van der Waals surface area (Å²) < 4.78 is 13.9. The molecule has 0 aliphatic carbocycles. The zero-order valence-corrected chi connectivity index (χ0v) is 11.7. The number of hydrogen-bond acceptors (Lipinski definition) is 2. The van der Waals surface area contributed by atoms with Gasteiger partial charge in [-0.1, -0.05) is 18.9 Å². The highest BCUT2D eigenvalue weighted by atomic mass is 19.1. The molecular formula is C16H18FNO3. The molecule has 21 heavy (non-hydrogen) atoms. The normalized spacial score (nSPS) is 16.0. The van der Waals surface area contributed by atoms with Gasteiger partial charge in [-0.3, -0.25) is 4.79 Å². The molecule has 1 amide bonds. The zero-order chi connectivity index (χ0) is 15.2. The van der Waals surface area contributed by atoms with E-state index in [-0.39, 0.29) is 11.5 Å². The summed E-state index contributed by atoms with van der Waals surface area (Å²) in [5.74, 6) is -1.98. The first kappa shape index (κ1) is 15.2. The molecule has 112 valence electrons. The monoisotopic (exact) mass is 291 g/mol. The van der Waals surface area contributed by atoms with E-state index in [0.29, 0.717) is 18.7 Å². The molecule has 1 fully saturated rings. The van der Waals surface area contributed by atoms with E-state index in [0.717, 1.165) is 31.8 Å². The lowest BCUT2D eigenvalue weighted by atomic mass is 10.1. The number of rotatable bonds is 3. The van der Waals surface area contributed by atoms with Gasteiger partial charge in [-0.2, -0.15) is 0 Å². The molecule has 4 nitrogen and oxygen atoms in total. The quantitative estimate of drug-likeness (QED) is 0.871. The van der Waals surface area contributed by atoms with E-state index < -0.39 is 11.8 Å². The molecule has 1 heterocycles. The fourth-order valence-electron chi connectivity index (χ4n) is 2.42. The number of benzene rings is 1. The summed E-state index contributed by atoms with van der Waals surface area (Å²) in [5.41, 5.74) is 0.501. The summed E-state index contributed by atoms with van der Waals surface area (Å²) in [6, 6.07) is 4.06. The Kier molecular flexibility index (Phi) is 5.09. The fourth-order valence-corrected chi connectivity index (χ4v) is 2.42. The molecule has 0 saturated carbocycles. The van der Waals surface area contributed by atoms with Crippen molar-refractivity contribution in [3.8, 4) is 0 Å². The zero-order valence-electron chi connectivity index (χ0n) is 11.7. The molecule has 1 aliphatic heterocycles. The van der Waals surface area contributed by atoms with Crippen LogP contribution in [0.4, 0.5) is 4.39 Å². The summed E-state index contributed by atoms with van der Waals surface area (Å²) in [7, 11) is 0. The van der Waals surface area contributed by atoms with E-state index in [1.807, 2.05) is 0 Å². The molecule has 0 unspecified atom stereocenters. The summed E-state index contributed by atoms with van der Waals surface area (Å²) >= 11 is 0. The van der Waals surface area contributed by atoms with Gasteiger partial charge < -0.3 is 10.0 Å². The maximum absolute atomic E-state index is 13.9. The van der Waals surface area contributed by atoms with Crippen molar-refractivity contribution in [3.05, 3.63) is 41.2 Å². The third-order valence-corrected chi connectivity index (χ3v) is 3.53. The van der Waals surface area contributed by atoms with Gasteiger partial charge >= 0.3 is 5.97 Å². The minimum Gasteiger partial charge on any atom is -0.478 e. The van der Waals surface area contributed by atoms with Crippen molar-refractivity contribution in [3.63, 3.8) is 0 Å². The number of amides is 1. The average molecular weight is 291 g/mol. The molecule has 0 radical (unpaired) electrons. The largest absolute Gasteiger partial charge is 0.478 e. The van der Waals surface area contributed by atoms with Crippen LogP contribution in [0, 0.1) is 5.82 Å². The maximum atomic E-state index is 13.9. The summed E-state index contributed by atoms with van der Waals surface area (Å²) in [4.78, 5) is 24.6. The van der Waals surface area contributed by atoms with Gasteiger partial charge in [-0.05, 0) is 36.6 Å². The van der Waals surface area contributed by atoms with Crippen LogP contribution in [0.3, 0.4) is 0 Å². The van der Waals surface area contributed by atoms with E-state index >= 15 is 0 Å². The lowest BCUT2D eigenvalue weighted by Gasteiger charge is -2.20. The standard InChI is InChI=1S/C16H18FNO3/c17-14-7-5-12(6-8-15(19)20)11-13(14)16(21)18-9-3-1-2-4-10-18/h5-8,11H,1-4,9-10H2,(H,19,20). The van der Waals surface area contributed by atoms with Gasteiger partial charge in [0.15, 0.2) is 0 Å². The Morgan fingerprint density at radius 3 is 2.43 bits per heavy atom. The van der Waals surface area contributed by atoms with Crippen LogP contribution in [0.15, 0.2) is 24.3 Å². The van der Waals surface area contributed by atoms with Crippen LogP contribution in [0.25, 0.3) is 6.08 Å². The van der Waals surface area contributed by atoms with Crippen LogP contribution >= 0.6 is 0 Å². The van der Waals surface area contributed by atoms with Crippen molar-refractivity contribution < 1.29 is 19.1 Å². The predicted molar refractivity (Wildman–Crippen MR) is 77.4 cm³/mol. The molecule has 2 rings (SSSR count). The predicted octanol–water partition coefficient (Wildman–Crippen LogP) is 2.94. The topological polar surface area (TPSA) is 57.6 Å². The second-order valence-corrected chi connectivity index (χ2v) is 5.12. The van der Waals surface area contributed by atoms with Crippen LogP contribution in [0.5, 0.6) is 0 Å². The van der Waals surface area contributed by atoms with Crippen molar-refractivity contribution in [1.29, 1.82) is 0 Å². The molecule has 1 N–H and O–H groups in total. The maximum Gasteiger partial charge on any atom is 0.328 e. The second-order valence-electron chi connectivity index (χ2n) is 5.12. The van der Waals surface area contributed by atoms with Crippen LogP contribution < -0.4 is 0 Å². The van der Waals surface area contributed by atoms with Crippen molar-refractivity contribution in [2.45, 2.75) is 25.7 Å². The number of carbonyl (C=O) groups excluding carboxylic acids is 1. The van der Waals surface area contributed by atoms with Gasteiger partial charge in [-0.25, -0.2) is 9.18 Å². The highest BCUT2D eigenvalue weighted by Crippen LogP contribution is 2.17. The van der Waals surface area contributed by atoms with E-state index in [1.165, 1.54) is 24.3 Å². The number of nitrogens with zero attached hydrogens (tertiary/aromatic N) is 1. The number of likely N-dealkylation sites (tertiary alicyclic amines) is 1. The van der Waals surface area contributed by atoms with Crippen molar-refractivity contribution in [1.82, 2.24) is 4.90 Å².